The highest BCUT2D eigenvalue weighted by atomic mass is 79.9. The van der Waals surface area contributed by atoms with Gasteiger partial charge in [0.1, 0.15) is 0 Å². The van der Waals surface area contributed by atoms with Crippen LogP contribution in [0.2, 0.25) is 0 Å². The van der Waals surface area contributed by atoms with Crippen LogP contribution in [-0.4, -0.2) is 0 Å². The number of aryl methyl sites for hydroxylation is 2. The lowest BCUT2D eigenvalue weighted by Crippen LogP contribution is -1.72. The summed E-state index contributed by atoms with van der Waals surface area (Å²) in [5.41, 5.74) is 1.37. The monoisotopic (exact) mass is 218 g/mol. The molecule has 2 heteroatoms. The molecule has 0 aromatic carbocycles. The molecule has 0 saturated heterocycles. The second-order valence-corrected chi connectivity index (χ2v) is 4.87. The minimum atomic E-state index is 1.22. The van der Waals surface area contributed by atoms with E-state index in [0.29, 0.717) is 0 Å². The molecule has 0 N–H and O–H groups in total. The summed E-state index contributed by atoms with van der Waals surface area (Å²) in [6, 6.07) is 2.26. The molecule has 0 unspecified atom stereocenters. The van der Waals surface area contributed by atoms with Crippen molar-refractivity contribution in [3.63, 3.8) is 0 Å². The Kier molecular flexibility index (Phi) is 2.93. The molecule has 0 bridgehead atoms. The summed E-state index contributed by atoms with van der Waals surface area (Å²) in [6.07, 6.45) is 2.46. The standard InChI is InChI=1S/C8H11BrS/c1-3-4-7-5-6(2)8(9)10-7/h5H,3-4H2,1-2H3. The molecule has 0 atom stereocenters. The van der Waals surface area contributed by atoms with Gasteiger partial charge in [-0.2, -0.15) is 0 Å². The first-order valence-electron chi connectivity index (χ1n) is 3.49. The Labute approximate surface area is 74.4 Å². The Morgan fingerprint density at radius 2 is 2.30 bits per heavy atom. The van der Waals surface area contributed by atoms with Crippen LogP contribution in [0.1, 0.15) is 23.8 Å². The van der Waals surface area contributed by atoms with Crippen molar-refractivity contribution in [1.82, 2.24) is 0 Å². The minimum Gasteiger partial charge on any atom is -0.133 e. The fraction of sp³-hybridized carbons (Fsp3) is 0.500. The summed E-state index contributed by atoms with van der Waals surface area (Å²) in [5, 5.41) is 0. The molecule has 1 aromatic heterocycles. The summed E-state index contributed by atoms with van der Waals surface area (Å²) in [5.74, 6) is 0. The fourth-order valence-corrected chi connectivity index (χ4v) is 2.62. The van der Waals surface area contributed by atoms with Gasteiger partial charge in [-0.25, -0.2) is 0 Å². The van der Waals surface area contributed by atoms with E-state index in [1.807, 2.05) is 11.3 Å². The fourth-order valence-electron chi connectivity index (χ4n) is 0.893. The van der Waals surface area contributed by atoms with E-state index < -0.39 is 0 Å². The SMILES string of the molecule is CCCc1cc(C)c(Br)s1. The summed E-state index contributed by atoms with van der Waals surface area (Å²) in [4.78, 5) is 1.49. The quantitative estimate of drug-likeness (QED) is 0.710. The van der Waals surface area contributed by atoms with Crippen LogP contribution < -0.4 is 0 Å². The minimum absolute atomic E-state index is 1.22. The third-order valence-electron chi connectivity index (χ3n) is 1.40. The van der Waals surface area contributed by atoms with Crippen molar-refractivity contribution in [3.8, 4) is 0 Å². The van der Waals surface area contributed by atoms with E-state index >= 15 is 0 Å². The van der Waals surface area contributed by atoms with Crippen LogP contribution in [-0.2, 0) is 6.42 Å². The van der Waals surface area contributed by atoms with Gasteiger partial charge >= 0.3 is 0 Å². The molecular formula is C8H11BrS. The second-order valence-electron chi connectivity index (χ2n) is 2.42. The lowest BCUT2D eigenvalue weighted by molar-refractivity contribution is 0.939. The van der Waals surface area contributed by atoms with Crippen molar-refractivity contribution in [2.24, 2.45) is 0 Å². The van der Waals surface area contributed by atoms with E-state index in [1.54, 1.807) is 0 Å². The summed E-state index contributed by atoms with van der Waals surface area (Å²) in [7, 11) is 0. The molecule has 1 aromatic rings. The Morgan fingerprint density at radius 3 is 2.70 bits per heavy atom. The molecule has 56 valence electrons. The highest BCUT2D eigenvalue weighted by Crippen LogP contribution is 2.27. The number of hydrogen-bond donors (Lipinski definition) is 0. The Balaban J connectivity index is 2.77. The van der Waals surface area contributed by atoms with Crippen molar-refractivity contribution < 1.29 is 0 Å². The van der Waals surface area contributed by atoms with E-state index in [0.717, 1.165) is 0 Å². The van der Waals surface area contributed by atoms with E-state index in [2.05, 4.69) is 35.8 Å². The first-order chi connectivity index (χ1) is 4.74. The van der Waals surface area contributed by atoms with Crippen LogP contribution >= 0.6 is 27.3 Å². The molecule has 0 aliphatic carbocycles. The maximum Gasteiger partial charge on any atom is 0.0730 e. The van der Waals surface area contributed by atoms with Crippen LogP contribution in [0, 0.1) is 6.92 Å². The van der Waals surface area contributed by atoms with Gasteiger partial charge in [0.25, 0.3) is 0 Å². The molecule has 0 spiro atoms. The van der Waals surface area contributed by atoms with Crippen molar-refractivity contribution >= 4 is 27.3 Å². The van der Waals surface area contributed by atoms with Gasteiger partial charge in [-0.3, -0.25) is 0 Å². The molecule has 0 aliphatic rings. The van der Waals surface area contributed by atoms with E-state index in [1.165, 1.54) is 27.1 Å². The van der Waals surface area contributed by atoms with Crippen molar-refractivity contribution in [2.75, 3.05) is 0 Å². The maximum atomic E-state index is 3.50. The molecule has 10 heavy (non-hydrogen) atoms. The average Bonchev–Trinajstić information content (AvgIpc) is 2.14. The zero-order valence-electron chi connectivity index (χ0n) is 6.28. The number of halogens is 1. The molecule has 0 saturated carbocycles. The molecule has 1 heterocycles. The molecule has 0 radical (unpaired) electrons. The third kappa shape index (κ3) is 1.83. The molecule has 0 aliphatic heterocycles. The van der Waals surface area contributed by atoms with Crippen molar-refractivity contribution in [3.05, 3.63) is 20.3 Å². The topological polar surface area (TPSA) is 0 Å². The van der Waals surface area contributed by atoms with E-state index in [4.69, 9.17) is 0 Å². The Hall–Kier alpha value is 0.180. The van der Waals surface area contributed by atoms with Crippen LogP contribution in [0.25, 0.3) is 0 Å². The highest BCUT2D eigenvalue weighted by molar-refractivity contribution is 9.11. The van der Waals surface area contributed by atoms with Crippen LogP contribution in [0.5, 0.6) is 0 Å². The zero-order valence-corrected chi connectivity index (χ0v) is 8.68. The lowest BCUT2D eigenvalue weighted by Gasteiger charge is -1.86. The van der Waals surface area contributed by atoms with Crippen molar-refractivity contribution in [2.45, 2.75) is 26.7 Å². The number of hydrogen-bond acceptors (Lipinski definition) is 1. The molecule has 0 fully saturated rings. The Morgan fingerprint density at radius 1 is 1.60 bits per heavy atom. The summed E-state index contributed by atoms with van der Waals surface area (Å²) in [6.45, 7) is 4.35. The maximum absolute atomic E-state index is 3.50. The molecule has 0 amide bonds. The zero-order chi connectivity index (χ0) is 7.56. The van der Waals surface area contributed by atoms with E-state index in [-0.39, 0.29) is 0 Å². The predicted molar refractivity (Wildman–Crippen MR) is 50.8 cm³/mol. The van der Waals surface area contributed by atoms with Gasteiger partial charge in [0, 0.05) is 4.88 Å². The van der Waals surface area contributed by atoms with Gasteiger partial charge in [-0.15, -0.1) is 11.3 Å². The van der Waals surface area contributed by atoms with Gasteiger partial charge in [-0.1, -0.05) is 13.3 Å². The van der Waals surface area contributed by atoms with Crippen molar-refractivity contribution in [1.29, 1.82) is 0 Å². The molecule has 0 nitrogen and oxygen atoms in total. The first-order valence-corrected chi connectivity index (χ1v) is 5.09. The van der Waals surface area contributed by atoms with E-state index in [9.17, 15) is 0 Å². The largest absolute Gasteiger partial charge is 0.133 e. The van der Waals surface area contributed by atoms with Gasteiger partial charge in [0.05, 0.1) is 3.79 Å². The number of thiophene rings is 1. The first kappa shape index (κ1) is 8.28. The normalized spacial score (nSPS) is 10.3. The van der Waals surface area contributed by atoms with Gasteiger partial charge < -0.3 is 0 Å². The van der Waals surface area contributed by atoms with Crippen LogP contribution in [0.15, 0.2) is 9.85 Å². The van der Waals surface area contributed by atoms with Gasteiger partial charge in [0.2, 0.25) is 0 Å². The van der Waals surface area contributed by atoms with Crippen LogP contribution in [0.3, 0.4) is 0 Å². The van der Waals surface area contributed by atoms with Crippen LogP contribution in [0.4, 0.5) is 0 Å². The third-order valence-corrected chi connectivity index (χ3v) is 3.60. The Bertz CT molecular complexity index is 196. The molecular weight excluding hydrogens is 208 g/mol. The lowest BCUT2D eigenvalue weighted by atomic mass is 10.2. The highest BCUT2D eigenvalue weighted by Gasteiger charge is 2.00. The summed E-state index contributed by atoms with van der Waals surface area (Å²) >= 11 is 5.36. The smallest absolute Gasteiger partial charge is 0.0730 e. The van der Waals surface area contributed by atoms with Gasteiger partial charge in [0.15, 0.2) is 0 Å². The summed E-state index contributed by atoms with van der Waals surface area (Å²) < 4.78 is 1.29. The second kappa shape index (κ2) is 3.54. The molecule has 1 rings (SSSR count). The van der Waals surface area contributed by atoms with Gasteiger partial charge in [-0.05, 0) is 40.9 Å². The number of rotatable bonds is 2. The average molecular weight is 219 g/mol. The predicted octanol–water partition coefficient (Wildman–Crippen LogP) is 3.77.